The van der Waals surface area contributed by atoms with Gasteiger partial charge in [-0.3, -0.25) is 4.57 Å². The van der Waals surface area contributed by atoms with Gasteiger partial charge in [0, 0.05) is 20.2 Å². The summed E-state index contributed by atoms with van der Waals surface area (Å²) in [5, 5.41) is 0. The maximum Gasteiger partial charge on any atom is 0.410 e. The topological polar surface area (TPSA) is 110 Å². The Labute approximate surface area is 189 Å². The molecule has 1 aliphatic carbocycles. The van der Waals surface area contributed by atoms with Crippen molar-refractivity contribution in [1.29, 1.82) is 0 Å². The summed E-state index contributed by atoms with van der Waals surface area (Å²) < 4.78 is 40.9. The normalized spacial score (nSPS) is 40.4. The summed E-state index contributed by atoms with van der Waals surface area (Å²) in [5.74, 6) is -0.0399. The van der Waals surface area contributed by atoms with Gasteiger partial charge in [-0.2, -0.15) is 0 Å². The fraction of sp³-hybridized carbons (Fsp3) is 0.864. The maximum absolute atomic E-state index is 12.7. The Morgan fingerprint density at radius 2 is 2.03 bits per heavy atom. The first-order valence-electron chi connectivity index (χ1n) is 11.5. The number of hydrogen-bond acceptors (Lipinski definition) is 7. The molecule has 1 spiro atoms. The van der Waals surface area contributed by atoms with Crippen LogP contribution in [0, 0.1) is 5.92 Å². The number of hydrogen-bond donors (Lipinski definition) is 1. The number of nitrogens with zero attached hydrogens (tertiary/aromatic N) is 1. The number of amides is 1. The van der Waals surface area contributed by atoms with Crippen LogP contribution in [0.5, 0.6) is 0 Å². The van der Waals surface area contributed by atoms with Gasteiger partial charge in [0.15, 0.2) is 0 Å². The number of carbonyl (C=O) groups is 1. The lowest BCUT2D eigenvalue weighted by Gasteiger charge is -2.44. The van der Waals surface area contributed by atoms with E-state index in [1.54, 1.807) is 14.0 Å². The average Bonchev–Trinajstić information content (AvgIpc) is 3.57. The van der Waals surface area contributed by atoms with E-state index in [4.69, 9.17) is 23.5 Å². The quantitative estimate of drug-likeness (QED) is 0.325. The SMILES string of the molecule is CCOP(=O)(O)C1CN(C(=O)O[C@@H]2CC[C@]3(CO3)[C@@H]([C@@]3(C)OC3CC=C(C)C)[C@@H]2OC)C1. The van der Waals surface area contributed by atoms with Crippen LogP contribution in [0.15, 0.2) is 11.6 Å². The number of ether oxygens (including phenoxy) is 4. The third-order valence-corrected chi connectivity index (χ3v) is 9.26. The van der Waals surface area contributed by atoms with E-state index in [1.807, 2.05) is 0 Å². The molecule has 32 heavy (non-hydrogen) atoms. The van der Waals surface area contributed by atoms with Crippen LogP contribution in [0.2, 0.25) is 0 Å². The number of allylic oxidation sites excluding steroid dienone is 1. The number of likely N-dealkylation sites (tertiary alicyclic amines) is 1. The third-order valence-electron chi connectivity index (χ3n) is 7.39. The van der Waals surface area contributed by atoms with Crippen molar-refractivity contribution in [2.24, 2.45) is 5.92 Å². The molecule has 3 heterocycles. The number of epoxide rings is 2. The Bertz CT molecular complexity index is 804. The Morgan fingerprint density at radius 1 is 1.34 bits per heavy atom. The van der Waals surface area contributed by atoms with Crippen LogP contribution in [0.4, 0.5) is 4.79 Å². The van der Waals surface area contributed by atoms with Crippen LogP contribution in [-0.2, 0) is 28.0 Å². The van der Waals surface area contributed by atoms with Gasteiger partial charge >= 0.3 is 13.7 Å². The van der Waals surface area contributed by atoms with Crippen molar-refractivity contribution in [3.8, 4) is 0 Å². The van der Waals surface area contributed by atoms with Crippen molar-refractivity contribution < 1.29 is 37.7 Å². The van der Waals surface area contributed by atoms with Gasteiger partial charge in [-0.1, -0.05) is 11.6 Å². The van der Waals surface area contributed by atoms with Crippen LogP contribution in [0.1, 0.15) is 47.0 Å². The largest absolute Gasteiger partial charge is 0.443 e. The highest BCUT2D eigenvalue weighted by molar-refractivity contribution is 7.53. The second-order valence-corrected chi connectivity index (χ2v) is 12.0. The molecule has 1 N–H and O–H groups in total. The molecule has 4 rings (SSSR count). The second-order valence-electron chi connectivity index (χ2n) is 9.84. The van der Waals surface area contributed by atoms with E-state index < -0.39 is 31.1 Å². The molecule has 4 aliphatic rings. The summed E-state index contributed by atoms with van der Waals surface area (Å²) in [4.78, 5) is 24.1. The van der Waals surface area contributed by atoms with E-state index in [0.29, 0.717) is 13.0 Å². The van der Waals surface area contributed by atoms with Crippen LogP contribution in [-0.4, -0.2) is 84.5 Å². The van der Waals surface area contributed by atoms with Crippen molar-refractivity contribution >= 4 is 13.7 Å². The lowest BCUT2D eigenvalue weighted by molar-refractivity contribution is -0.123. The summed E-state index contributed by atoms with van der Waals surface area (Å²) in [5.41, 5.74) is 0.0199. The number of carbonyl (C=O) groups excluding carboxylic acids is 1. The molecule has 1 saturated carbocycles. The molecule has 3 aliphatic heterocycles. The predicted octanol–water partition coefficient (Wildman–Crippen LogP) is 3.11. The minimum atomic E-state index is -3.70. The van der Waals surface area contributed by atoms with Gasteiger partial charge in [-0.25, -0.2) is 4.79 Å². The van der Waals surface area contributed by atoms with Crippen LogP contribution in [0.25, 0.3) is 0 Å². The molecule has 3 saturated heterocycles. The van der Waals surface area contributed by atoms with E-state index >= 15 is 0 Å². The highest BCUT2D eigenvalue weighted by Crippen LogP contribution is 2.59. The Hall–Kier alpha value is -0.960. The number of methoxy groups -OCH3 is 1. The zero-order chi connectivity index (χ0) is 23.3. The van der Waals surface area contributed by atoms with Crippen molar-refractivity contribution in [2.45, 2.75) is 82.1 Å². The highest BCUT2D eigenvalue weighted by atomic mass is 31.2. The first-order valence-corrected chi connectivity index (χ1v) is 13.1. The Kier molecular flexibility index (Phi) is 6.55. The molecule has 0 radical (unpaired) electrons. The molecule has 182 valence electrons. The standard InChI is InChI=1S/C22H36NO8P/c1-6-29-32(25,26)15-11-23(12-15)20(24)30-16-9-10-22(13-28-22)19(18(16)27-5)21(4)17(31-21)8-7-14(2)3/h7,15-19H,6,8-13H2,1-5H3,(H,25,26)/t16-,17?,18-,19-,21+,22+/m1/s1. The first-order chi connectivity index (χ1) is 15.1. The average molecular weight is 474 g/mol. The summed E-state index contributed by atoms with van der Waals surface area (Å²) in [6, 6.07) is 0. The third kappa shape index (κ3) is 4.40. The van der Waals surface area contributed by atoms with Gasteiger partial charge in [-0.05, 0) is 47.0 Å². The lowest BCUT2D eigenvalue weighted by Crippen LogP contribution is -2.58. The molecule has 10 heteroatoms. The zero-order valence-electron chi connectivity index (χ0n) is 19.6. The van der Waals surface area contributed by atoms with Crippen LogP contribution >= 0.6 is 7.60 Å². The van der Waals surface area contributed by atoms with Gasteiger partial charge in [0.25, 0.3) is 0 Å². The molecule has 0 aromatic heterocycles. The van der Waals surface area contributed by atoms with E-state index in [2.05, 4.69) is 26.8 Å². The summed E-state index contributed by atoms with van der Waals surface area (Å²) >= 11 is 0. The maximum atomic E-state index is 12.7. The van der Waals surface area contributed by atoms with Crippen LogP contribution < -0.4 is 0 Å². The summed E-state index contributed by atoms with van der Waals surface area (Å²) in [6.45, 7) is 9.05. The second kappa shape index (κ2) is 8.67. The molecular formula is C22H36NO8P. The monoisotopic (exact) mass is 473 g/mol. The molecule has 0 aromatic rings. The van der Waals surface area contributed by atoms with Gasteiger partial charge in [-0.15, -0.1) is 0 Å². The van der Waals surface area contributed by atoms with E-state index in [9.17, 15) is 14.3 Å². The molecule has 7 atom stereocenters. The van der Waals surface area contributed by atoms with Crippen molar-refractivity contribution in [1.82, 2.24) is 4.90 Å². The number of rotatable bonds is 8. The smallest absolute Gasteiger partial charge is 0.410 e. The summed E-state index contributed by atoms with van der Waals surface area (Å²) in [7, 11) is -2.06. The van der Waals surface area contributed by atoms with Crippen molar-refractivity contribution in [3.05, 3.63) is 11.6 Å². The first kappa shape index (κ1) is 24.2. The fourth-order valence-corrected chi connectivity index (χ4v) is 6.76. The van der Waals surface area contributed by atoms with Crippen molar-refractivity contribution in [2.75, 3.05) is 33.4 Å². The molecule has 1 amide bonds. The molecule has 0 bridgehead atoms. The molecule has 4 fully saturated rings. The molecule has 0 aromatic carbocycles. The minimum absolute atomic E-state index is 0.0399. The van der Waals surface area contributed by atoms with E-state index in [0.717, 1.165) is 12.8 Å². The van der Waals surface area contributed by atoms with Gasteiger partial charge < -0.3 is 33.3 Å². The minimum Gasteiger partial charge on any atom is -0.443 e. The zero-order valence-corrected chi connectivity index (χ0v) is 20.5. The van der Waals surface area contributed by atoms with Crippen LogP contribution in [0.3, 0.4) is 0 Å². The predicted molar refractivity (Wildman–Crippen MR) is 117 cm³/mol. The van der Waals surface area contributed by atoms with Gasteiger partial charge in [0.1, 0.15) is 23.4 Å². The Balaban J connectivity index is 1.40. The summed E-state index contributed by atoms with van der Waals surface area (Å²) in [6.07, 6.45) is 3.27. The van der Waals surface area contributed by atoms with Gasteiger partial charge in [0.05, 0.1) is 30.9 Å². The van der Waals surface area contributed by atoms with E-state index in [1.165, 1.54) is 10.5 Å². The highest BCUT2D eigenvalue weighted by Gasteiger charge is 2.72. The molecule has 2 unspecified atom stereocenters. The Morgan fingerprint density at radius 3 is 2.59 bits per heavy atom. The lowest BCUT2D eigenvalue weighted by atomic mass is 9.68. The molecule has 9 nitrogen and oxygen atoms in total. The molecular weight excluding hydrogens is 437 g/mol. The van der Waals surface area contributed by atoms with E-state index in [-0.39, 0.29) is 43.4 Å². The van der Waals surface area contributed by atoms with Crippen molar-refractivity contribution in [3.63, 3.8) is 0 Å². The fourth-order valence-electron chi connectivity index (χ4n) is 5.38. The van der Waals surface area contributed by atoms with Gasteiger partial charge in [0.2, 0.25) is 0 Å².